The van der Waals surface area contributed by atoms with E-state index in [1.165, 1.54) is 24.4 Å². The van der Waals surface area contributed by atoms with Gasteiger partial charge in [-0.05, 0) is 6.07 Å². The minimum Gasteiger partial charge on any atom is -0.539 e. The molecule has 0 amide bonds. The summed E-state index contributed by atoms with van der Waals surface area (Å²) in [5.41, 5.74) is -0.359. The van der Waals surface area contributed by atoms with Gasteiger partial charge in [-0.15, -0.1) is 0 Å². The third-order valence-corrected chi connectivity index (χ3v) is 1.07. The molecule has 52 valence electrons. The maximum atomic E-state index is 10.5. The third-order valence-electron chi connectivity index (χ3n) is 1.07. The van der Waals surface area contributed by atoms with E-state index in [9.17, 15) is 9.90 Å². The second-order valence-corrected chi connectivity index (χ2v) is 1.74. The second-order valence-electron chi connectivity index (χ2n) is 1.74. The molecule has 3 heteroatoms. The highest BCUT2D eigenvalue weighted by atomic mass is 16.5. The van der Waals surface area contributed by atoms with Crippen molar-refractivity contribution in [3.8, 4) is 0 Å². The summed E-state index contributed by atoms with van der Waals surface area (Å²) >= 11 is 0. The smallest absolute Gasteiger partial charge is 0.227 e. The van der Waals surface area contributed by atoms with Crippen LogP contribution in [0.4, 0.5) is 0 Å². The van der Waals surface area contributed by atoms with Gasteiger partial charge < -0.3 is 9.90 Å². The molecule has 0 aliphatic heterocycles. The number of aryl methyl sites for hydroxylation is 1. The van der Waals surface area contributed by atoms with Crippen LogP contribution in [0.25, 0.3) is 0 Å². The molecule has 0 aliphatic carbocycles. The first kappa shape index (κ1) is 3.71. The van der Waals surface area contributed by atoms with Gasteiger partial charge in [0.15, 0.2) is 6.20 Å². The van der Waals surface area contributed by atoms with Crippen molar-refractivity contribution >= 4 is 5.97 Å². The molecular formula is C7H7NO2. The van der Waals surface area contributed by atoms with Crippen LogP contribution in [0.2, 0.25) is 0 Å². The summed E-state index contributed by atoms with van der Waals surface area (Å²) in [6.07, 6.45) is 1.18. The summed E-state index contributed by atoms with van der Waals surface area (Å²) < 4.78 is 21.7. The molecule has 10 heavy (non-hydrogen) atoms. The van der Waals surface area contributed by atoms with Gasteiger partial charge in [0.25, 0.3) is 0 Å². The van der Waals surface area contributed by atoms with Gasteiger partial charge in [-0.2, -0.15) is 4.57 Å². The van der Waals surface area contributed by atoms with Crippen molar-refractivity contribution in [3.05, 3.63) is 30.1 Å². The highest BCUT2D eigenvalue weighted by molar-refractivity contribution is 5.81. The molecular weight excluding hydrogens is 133 g/mol. The Morgan fingerprint density at radius 3 is 3.10 bits per heavy atom. The van der Waals surface area contributed by atoms with E-state index in [-0.39, 0.29) is 5.69 Å². The number of aromatic carboxylic acids is 1. The van der Waals surface area contributed by atoms with E-state index in [0.29, 0.717) is 4.57 Å². The summed E-state index contributed by atoms with van der Waals surface area (Å²) in [5, 5.41) is 10.5. The molecule has 0 aromatic carbocycles. The fourth-order valence-electron chi connectivity index (χ4n) is 0.609. The first-order chi connectivity index (χ1) is 5.93. The first-order valence-electron chi connectivity index (χ1n) is 4.15. The Morgan fingerprint density at radius 2 is 2.60 bits per heavy atom. The normalized spacial score (nSPS) is 15.0. The highest BCUT2D eigenvalue weighted by Crippen LogP contribution is 1.86. The SMILES string of the molecule is [2H][13C]([2H])([2H])[15n+]1ccccc1[13C](=O)[O-]. The second kappa shape index (κ2) is 2.47. The Kier molecular flexibility index (Phi) is 0.917. The van der Waals surface area contributed by atoms with Crippen LogP contribution in [0.1, 0.15) is 14.6 Å². The minimum absolute atomic E-state index is 0.359. The zero-order valence-electron chi connectivity index (χ0n) is 8.07. The lowest BCUT2D eigenvalue weighted by Gasteiger charge is -1.97. The van der Waals surface area contributed by atoms with E-state index < -0.39 is 12.9 Å². The quantitative estimate of drug-likeness (QED) is 0.369. The largest absolute Gasteiger partial charge is 0.539 e. The molecule has 1 rings (SSSR count). The predicted molar refractivity (Wildman–Crippen MR) is 31.9 cm³/mol. The van der Waals surface area contributed by atoms with Crippen molar-refractivity contribution in [2.24, 2.45) is 6.98 Å². The number of pyridine rings is 1. The molecule has 0 spiro atoms. The maximum absolute atomic E-state index is 10.5. The third kappa shape index (κ3) is 1.13. The Labute approximate surface area is 62.8 Å². The summed E-state index contributed by atoms with van der Waals surface area (Å²) in [6.45, 7) is -2.49. The number of carboxylic acid groups (broad SMARTS) is 1. The molecule has 3 nitrogen and oxygen atoms in total. The summed E-state index contributed by atoms with van der Waals surface area (Å²) in [5.74, 6) is -1.50. The predicted octanol–water partition coefficient (Wildman–Crippen LogP) is -1.13. The van der Waals surface area contributed by atoms with E-state index in [2.05, 4.69) is 0 Å². The lowest BCUT2D eigenvalue weighted by Crippen LogP contribution is -2.40. The van der Waals surface area contributed by atoms with Gasteiger partial charge in [0.1, 0.15) is 17.1 Å². The molecule has 0 atom stereocenters. The number of carbonyl (C=O) groups is 1. The van der Waals surface area contributed by atoms with E-state index in [0.717, 1.165) is 0 Å². The van der Waals surface area contributed by atoms with Crippen LogP contribution in [-0.4, -0.2) is 5.97 Å². The molecule has 0 aliphatic rings. The molecule has 1 heterocycles. The summed E-state index contributed by atoms with van der Waals surface area (Å²) in [4.78, 5) is 10.5. The van der Waals surface area contributed by atoms with E-state index in [1.54, 1.807) is 0 Å². The van der Waals surface area contributed by atoms with Crippen LogP contribution in [0.15, 0.2) is 24.4 Å². The molecule has 0 saturated carbocycles. The van der Waals surface area contributed by atoms with Crippen LogP contribution in [0, 0.1) is 0 Å². The highest BCUT2D eigenvalue weighted by Gasteiger charge is 2.02. The van der Waals surface area contributed by atoms with Gasteiger partial charge in [0, 0.05) is 12.1 Å². The Hall–Kier alpha value is -1.38. The van der Waals surface area contributed by atoms with Crippen LogP contribution < -0.4 is 9.67 Å². The number of hydrogen-bond donors (Lipinski definition) is 0. The number of aromatic nitrogens is 1. The number of nitrogens with zero attached hydrogens (tertiary/aromatic N) is 1. The maximum Gasteiger partial charge on any atom is 0.227 e. The molecule has 0 N–H and O–H groups in total. The zero-order chi connectivity index (χ0) is 10.1. The molecule has 0 fully saturated rings. The Morgan fingerprint density at radius 1 is 1.80 bits per heavy atom. The van der Waals surface area contributed by atoms with Gasteiger partial charge in [-0.1, -0.05) is 0 Å². The molecule has 0 radical (unpaired) electrons. The standard InChI is InChI=1S/C7H7NO2/c1-8-5-3-2-4-6(8)7(9)10/h2-5H,1H3/i1+1D3,7+1,8+1. The molecule has 1 aromatic heterocycles. The minimum atomic E-state index is -2.49. The van der Waals surface area contributed by atoms with E-state index in [4.69, 9.17) is 4.11 Å². The van der Waals surface area contributed by atoms with E-state index >= 15 is 0 Å². The lowest BCUT2D eigenvalue weighted by atomic mass is 10.5. The van der Waals surface area contributed by atoms with Gasteiger partial charge in [-0.3, -0.25) is 0 Å². The molecule has 0 unspecified atom stereocenters. The monoisotopic (exact) mass is 143 g/mol. The van der Waals surface area contributed by atoms with Crippen molar-refractivity contribution in [1.29, 1.82) is 0 Å². The number of carboxylic acids is 1. The zero-order valence-corrected chi connectivity index (χ0v) is 5.07. The van der Waals surface area contributed by atoms with Crippen LogP contribution in [-0.2, 0) is 6.98 Å². The number of rotatable bonds is 1. The molecule has 1 aromatic rings. The van der Waals surface area contributed by atoms with Gasteiger partial charge in [0.05, 0.1) is 0 Å². The van der Waals surface area contributed by atoms with Crippen molar-refractivity contribution in [2.75, 3.05) is 0 Å². The first-order valence-corrected chi connectivity index (χ1v) is 2.65. The van der Waals surface area contributed by atoms with Crippen LogP contribution >= 0.6 is 0 Å². The van der Waals surface area contributed by atoms with E-state index in [1.807, 2.05) is 0 Å². The average molecular weight is 143 g/mol. The van der Waals surface area contributed by atoms with Gasteiger partial charge in [-0.25, -0.2) is 0 Å². The van der Waals surface area contributed by atoms with Crippen molar-refractivity contribution in [2.45, 2.75) is 0 Å². The summed E-state index contributed by atoms with van der Waals surface area (Å²) in [7, 11) is 0. The van der Waals surface area contributed by atoms with Crippen LogP contribution in [0.3, 0.4) is 0 Å². The topological polar surface area (TPSA) is 44.0 Å². The van der Waals surface area contributed by atoms with Gasteiger partial charge >= 0.3 is 0 Å². The van der Waals surface area contributed by atoms with Crippen molar-refractivity contribution in [3.63, 3.8) is 0 Å². The Bertz CT molecular complexity index is 335. The lowest BCUT2D eigenvalue weighted by molar-refractivity contribution is -0.676. The number of carbonyl (C=O) groups excluding carboxylic acids is 1. The Balaban J connectivity index is 3.28. The van der Waals surface area contributed by atoms with Crippen molar-refractivity contribution in [1.82, 2.24) is 0 Å². The average Bonchev–Trinajstić information content (AvgIpc) is 2.03. The molecule has 0 bridgehead atoms. The van der Waals surface area contributed by atoms with Crippen molar-refractivity contribution < 1.29 is 18.6 Å². The fourth-order valence-corrected chi connectivity index (χ4v) is 0.609. The molecule has 0 saturated heterocycles. The van der Waals surface area contributed by atoms with Gasteiger partial charge in [0.2, 0.25) is 5.69 Å². The number of hydrogen-bond acceptors (Lipinski definition) is 2. The van der Waals surface area contributed by atoms with Crippen LogP contribution in [0.5, 0.6) is 0 Å². The fraction of sp³-hybridized carbons (Fsp3) is 0.143. The summed E-state index contributed by atoms with van der Waals surface area (Å²) in [6, 6.07) is 4.06.